The fourth-order valence-corrected chi connectivity index (χ4v) is 2.92. The number of rotatable bonds is 2. The molecule has 1 fully saturated rings. The van der Waals surface area contributed by atoms with Gasteiger partial charge in [0, 0.05) is 19.1 Å². The largest absolute Gasteiger partial charge is 0.381 e. The van der Waals surface area contributed by atoms with Crippen molar-refractivity contribution in [2.75, 3.05) is 13.2 Å². The molecular formula is C12H12Cl2N2OS. The van der Waals surface area contributed by atoms with Gasteiger partial charge in [0.1, 0.15) is 0 Å². The Morgan fingerprint density at radius 1 is 1.39 bits per heavy atom. The van der Waals surface area contributed by atoms with Crippen LogP contribution >= 0.6 is 35.4 Å². The monoisotopic (exact) mass is 302 g/mol. The molecule has 18 heavy (non-hydrogen) atoms. The third-order valence-corrected chi connectivity index (χ3v) is 4.33. The molecule has 3 rings (SSSR count). The van der Waals surface area contributed by atoms with Gasteiger partial charge in [-0.05, 0) is 30.8 Å². The number of fused-ring (bicyclic) bond motifs is 1. The maximum absolute atomic E-state index is 6.07. The second kappa shape index (κ2) is 4.85. The fourth-order valence-electron chi connectivity index (χ4n) is 2.32. The molecule has 3 nitrogen and oxygen atoms in total. The second-order valence-corrected chi connectivity index (χ2v) is 5.75. The van der Waals surface area contributed by atoms with Gasteiger partial charge in [-0.25, -0.2) is 0 Å². The summed E-state index contributed by atoms with van der Waals surface area (Å²) in [5, 5.41) is 1.09. The van der Waals surface area contributed by atoms with Crippen molar-refractivity contribution < 1.29 is 4.74 Å². The summed E-state index contributed by atoms with van der Waals surface area (Å²) in [7, 11) is 0. The van der Waals surface area contributed by atoms with Crippen LogP contribution in [0.25, 0.3) is 11.0 Å². The summed E-state index contributed by atoms with van der Waals surface area (Å²) in [6, 6.07) is 3.68. The molecule has 1 aromatic carbocycles. The lowest BCUT2D eigenvalue weighted by molar-refractivity contribution is 0.182. The molecular weight excluding hydrogens is 291 g/mol. The summed E-state index contributed by atoms with van der Waals surface area (Å²) in [5.74, 6) is 0.519. The van der Waals surface area contributed by atoms with Crippen LogP contribution in [-0.4, -0.2) is 22.8 Å². The Balaban J connectivity index is 2.07. The Morgan fingerprint density at radius 2 is 2.17 bits per heavy atom. The summed E-state index contributed by atoms with van der Waals surface area (Å²) in [4.78, 5) is 3.16. The number of ether oxygens (including phenoxy) is 1. The lowest BCUT2D eigenvalue weighted by Crippen LogP contribution is -2.10. The van der Waals surface area contributed by atoms with Gasteiger partial charge in [0.15, 0.2) is 4.77 Å². The second-order valence-electron chi connectivity index (χ2n) is 4.55. The zero-order valence-corrected chi connectivity index (χ0v) is 11.9. The molecule has 1 aliphatic rings. The minimum atomic E-state index is 0.519. The minimum Gasteiger partial charge on any atom is -0.381 e. The number of nitrogens with zero attached hydrogens (tertiary/aromatic N) is 1. The van der Waals surface area contributed by atoms with E-state index >= 15 is 0 Å². The normalized spacial score (nSPS) is 19.8. The molecule has 6 heteroatoms. The van der Waals surface area contributed by atoms with Gasteiger partial charge in [-0.1, -0.05) is 23.2 Å². The van der Waals surface area contributed by atoms with Crippen LogP contribution in [0.2, 0.25) is 10.0 Å². The van der Waals surface area contributed by atoms with E-state index in [2.05, 4.69) is 9.55 Å². The first kappa shape index (κ1) is 12.5. The van der Waals surface area contributed by atoms with Crippen molar-refractivity contribution in [1.29, 1.82) is 0 Å². The van der Waals surface area contributed by atoms with Gasteiger partial charge in [0.25, 0.3) is 0 Å². The molecule has 1 aromatic heterocycles. The summed E-state index contributed by atoms with van der Waals surface area (Å²) in [5.41, 5.74) is 1.93. The highest BCUT2D eigenvalue weighted by atomic mass is 35.5. The van der Waals surface area contributed by atoms with Crippen LogP contribution in [-0.2, 0) is 11.3 Å². The Morgan fingerprint density at radius 3 is 2.89 bits per heavy atom. The quantitative estimate of drug-likeness (QED) is 0.849. The van der Waals surface area contributed by atoms with Gasteiger partial charge in [0.2, 0.25) is 0 Å². The molecule has 0 amide bonds. The number of imidazole rings is 1. The molecule has 96 valence electrons. The van der Waals surface area contributed by atoms with E-state index in [1.54, 1.807) is 0 Å². The molecule has 1 N–H and O–H groups in total. The number of halogens is 2. The van der Waals surface area contributed by atoms with E-state index in [4.69, 9.17) is 40.2 Å². The first-order valence-electron chi connectivity index (χ1n) is 5.80. The van der Waals surface area contributed by atoms with E-state index in [1.807, 2.05) is 12.1 Å². The maximum atomic E-state index is 6.07. The zero-order valence-electron chi connectivity index (χ0n) is 9.58. The fraction of sp³-hybridized carbons (Fsp3) is 0.417. The molecule has 1 saturated heterocycles. The van der Waals surface area contributed by atoms with Crippen molar-refractivity contribution in [2.24, 2.45) is 5.92 Å². The number of benzene rings is 1. The third-order valence-electron chi connectivity index (χ3n) is 3.28. The molecule has 0 aliphatic carbocycles. The van der Waals surface area contributed by atoms with E-state index < -0.39 is 0 Å². The summed E-state index contributed by atoms with van der Waals surface area (Å²) in [6.07, 6.45) is 1.08. The standard InChI is InChI=1S/C12H12Cl2N2OS/c13-8-3-10-11(4-9(8)14)16(12(18)15-10)5-7-1-2-17-6-7/h3-4,7H,1-2,5-6H2,(H,15,18). The molecule has 0 bridgehead atoms. The highest BCUT2D eigenvalue weighted by Crippen LogP contribution is 2.28. The van der Waals surface area contributed by atoms with E-state index in [1.165, 1.54) is 0 Å². The Labute approximate surface area is 120 Å². The predicted octanol–water partition coefficient (Wildman–Crippen LogP) is 4.04. The van der Waals surface area contributed by atoms with Gasteiger partial charge in [-0.3, -0.25) is 0 Å². The van der Waals surface area contributed by atoms with Crippen LogP contribution in [0.4, 0.5) is 0 Å². The van der Waals surface area contributed by atoms with E-state index in [-0.39, 0.29) is 0 Å². The topological polar surface area (TPSA) is 29.9 Å². The minimum absolute atomic E-state index is 0.519. The van der Waals surface area contributed by atoms with Gasteiger partial charge >= 0.3 is 0 Å². The number of aromatic nitrogens is 2. The number of hydrogen-bond donors (Lipinski definition) is 1. The van der Waals surface area contributed by atoms with Crippen molar-refractivity contribution in [3.63, 3.8) is 0 Å². The van der Waals surface area contributed by atoms with Crippen LogP contribution in [0.1, 0.15) is 6.42 Å². The SMILES string of the molecule is S=c1[nH]c2cc(Cl)c(Cl)cc2n1CC1CCOC1. The van der Waals surface area contributed by atoms with Crippen LogP contribution < -0.4 is 0 Å². The maximum Gasteiger partial charge on any atom is 0.178 e. The number of nitrogens with one attached hydrogen (secondary N) is 1. The Hall–Kier alpha value is -0.550. The van der Waals surface area contributed by atoms with Crippen molar-refractivity contribution >= 4 is 46.5 Å². The molecule has 0 spiro atoms. The smallest absolute Gasteiger partial charge is 0.178 e. The van der Waals surface area contributed by atoms with Crippen LogP contribution in [0.3, 0.4) is 0 Å². The van der Waals surface area contributed by atoms with Crippen molar-refractivity contribution in [2.45, 2.75) is 13.0 Å². The summed E-state index contributed by atoms with van der Waals surface area (Å²) < 4.78 is 8.18. The van der Waals surface area contributed by atoms with Crippen molar-refractivity contribution in [3.8, 4) is 0 Å². The molecule has 1 aliphatic heterocycles. The zero-order chi connectivity index (χ0) is 12.7. The molecule has 2 aromatic rings. The van der Waals surface area contributed by atoms with Crippen LogP contribution in [0.15, 0.2) is 12.1 Å². The summed E-state index contributed by atoms with van der Waals surface area (Å²) >= 11 is 17.4. The average Bonchev–Trinajstić information content (AvgIpc) is 2.92. The van der Waals surface area contributed by atoms with E-state index in [0.717, 1.165) is 37.2 Å². The molecule has 1 unspecified atom stereocenters. The lowest BCUT2D eigenvalue weighted by atomic mass is 10.1. The van der Waals surface area contributed by atoms with Gasteiger partial charge in [-0.15, -0.1) is 0 Å². The average molecular weight is 303 g/mol. The van der Waals surface area contributed by atoms with E-state index in [0.29, 0.717) is 20.7 Å². The van der Waals surface area contributed by atoms with E-state index in [9.17, 15) is 0 Å². The molecule has 0 saturated carbocycles. The highest BCUT2D eigenvalue weighted by Gasteiger charge is 2.18. The predicted molar refractivity (Wildman–Crippen MR) is 76.1 cm³/mol. The third kappa shape index (κ3) is 2.18. The highest BCUT2D eigenvalue weighted by molar-refractivity contribution is 7.71. The molecule has 1 atom stereocenters. The molecule has 0 radical (unpaired) electrons. The van der Waals surface area contributed by atoms with Gasteiger partial charge < -0.3 is 14.3 Å². The van der Waals surface area contributed by atoms with Crippen LogP contribution in [0, 0.1) is 10.7 Å². The van der Waals surface area contributed by atoms with Crippen LogP contribution in [0.5, 0.6) is 0 Å². The number of hydrogen-bond acceptors (Lipinski definition) is 2. The van der Waals surface area contributed by atoms with Crippen molar-refractivity contribution in [3.05, 3.63) is 26.9 Å². The summed E-state index contributed by atoms with van der Waals surface area (Å²) in [6.45, 7) is 2.50. The Kier molecular flexibility index (Phi) is 3.36. The Bertz CT molecular complexity index is 643. The van der Waals surface area contributed by atoms with Gasteiger partial charge in [0.05, 0.1) is 27.7 Å². The number of H-pyrrole nitrogens is 1. The van der Waals surface area contributed by atoms with Crippen molar-refractivity contribution in [1.82, 2.24) is 9.55 Å². The lowest BCUT2D eigenvalue weighted by Gasteiger charge is -2.09. The molecule has 2 heterocycles. The first-order chi connectivity index (χ1) is 8.65. The number of aromatic amines is 1. The first-order valence-corrected chi connectivity index (χ1v) is 6.97. The van der Waals surface area contributed by atoms with Gasteiger partial charge in [-0.2, -0.15) is 0 Å².